The Kier molecular flexibility index (Phi) is 6.97. The van der Waals surface area contributed by atoms with Crippen LogP contribution < -0.4 is 16.6 Å². The molecular weight excluding hydrogens is 412 g/mol. The van der Waals surface area contributed by atoms with Crippen molar-refractivity contribution in [2.75, 3.05) is 13.7 Å². The molecule has 0 fully saturated rings. The predicted octanol–water partition coefficient (Wildman–Crippen LogP) is 2.29. The number of ether oxygens (including phenoxy) is 1. The molecule has 3 amide bonds. The second-order valence-corrected chi connectivity index (χ2v) is 9.56. The average Bonchev–Trinajstić information content (AvgIpc) is 3.03. The summed E-state index contributed by atoms with van der Waals surface area (Å²) >= 11 is 2.75. The monoisotopic (exact) mass is 438 g/mol. The number of thiophene rings is 1. The highest BCUT2D eigenvalue weighted by molar-refractivity contribution is 8.00. The Morgan fingerprint density at radius 1 is 1.34 bits per heavy atom. The van der Waals surface area contributed by atoms with Gasteiger partial charge in [-0.15, -0.1) is 11.3 Å². The molecule has 2 aromatic heterocycles. The lowest BCUT2D eigenvalue weighted by molar-refractivity contribution is -0.120. The van der Waals surface area contributed by atoms with Crippen molar-refractivity contribution in [1.82, 2.24) is 14.9 Å². The zero-order valence-corrected chi connectivity index (χ0v) is 18.5. The number of imide groups is 1. The molecule has 8 nitrogen and oxygen atoms in total. The highest BCUT2D eigenvalue weighted by Crippen LogP contribution is 2.35. The van der Waals surface area contributed by atoms with Crippen LogP contribution in [0.15, 0.2) is 9.95 Å². The van der Waals surface area contributed by atoms with Gasteiger partial charge in [-0.1, -0.05) is 25.6 Å². The fourth-order valence-corrected chi connectivity index (χ4v) is 5.91. The minimum Gasteiger partial charge on any atom is -0.383 e. The standard InChI is InChI=1S/C19H26N4O4S2/c1-10(2)14(15(24)21-18(20)26)29-19-22-16-13(17(25)23(19)8-9-27-3)11-6-4-5-7-12(11)28-16/h10,14H,4-9H2,1-3H3,(H3,20,21,24,26). The molecule has 0 saturated carbocycles. The smallest absolute Gasteiger partial charge is 0.318 e. The fourth-order valence-electron chi connectivity index (χ4n) is 3.49. The molecule has 0 aliphatic heterocycles. The second-order valence-electron chi connectivity index (χ2n) is 7.37. The van der Waals surface area contributed by atoms with E-state index in [1.165, 1.54) is 16.6 Å². The number of nitrogens with two attached hydrogens (primary N) is 1. The fraction of sp³-hybridized carbons (Fsp3) is 0.579. The van der Waals surface area contributed by atoms with E-state index in [0.29, 0.717) is 23.7 Å². The van der Waals surface area contributed by atoms with Gasteiger partial charge in [-0.2, -0.15) is 0 Å². The van der Waals surface area contributed by atoms with Gasteiger partial charge in [-0.25, -0.2) is 9.78 Å². The number of rotatable bonds is 7. The minimum atomic E-state index is -0.896. The summed E-state index contributed by atoms with van der Waals surface area (Å²) in [5, 5.41) is 2.68. The molecule has 0 radical (unpaired) electrons. The Morgan fingerprint density at radius 2 is 2.07 bits per heavy atom. The number of carbonyl (C=O) groups is 2. The molecule has 0 aromatic carbocycles. The van der Waals surface area contributed by atoms with E-state index in [0.717, 1.165) is 36.1 Å². The molecule has 0 spiro atoms. The van der Waals surface area contributed by atoms with Crippen LogP contribution in [0.25, 0.3) is 10.2 Å². The number of carbonyl (C=O) groups excluding carboxylic acids is 2. The molecule has 1 unspecified atom stereocenters. The number of amides is 3. The van der Waals surface area contributed by atoms with Crippen molar-refractivity contribution in [3.63, 3.8) is 0 Å². The SMILES string of the molecule is COCCn1c(SC(C(=O)NC(N)=O)C(C)C)nc2sc3c(c2c1=O)CCCC3. The number of aryl methyl sites for hydroxylation is 2. The lowest BCUT2D eigenvalue weighted by atomic mass is 9.97. The largest absolute Gasteiger partial charge is 0.383 e. The molecule has 2 heterocycles. The van der Waals surface area contributed by atoms with E-state index in [1.807, 2.05) is 13.8 Å². The van der Waals surface area contributed by atoms with Gasteiger partial charge < -0.3 is 10.5 Å². The van der Waals surface area contributed by atoms with E-state index in [4.69, 9.17) is 15.5 Å². The van der Waals surface area contributed by atoms with Crippen LogP contribution in [0.4, 0.5) is 4.79 Å². The van der Waals surface area contributed by atoms with Crippen molar-refractivity contribution < 1.29 is 14.3 Å². The molecule has 158 valence electrons. The van der Waals surface area contributed by atoms with E-state index in [-0.39, 0.29) is 11.5 Å². The van der Waals surface area contributed by atoms with Crippen LogP contribution in [0.1, 0.15) is 37.1 Å². The zero-order valence-electron chi connectivity index (χ0n) is 16.8. The Hall–Kier alpha value is -1.91. The Morgan fingerprint density at radius 3 is 2.72 bits per heavy atom. The van der Waals surface area contributed by atoms with Gasteiger partial charge in [-0.05, 0) is 37.2 Å². The summed E-state index contributed by atoms with van der Waals surface area (Å²) in [6.45, 7) is 4.44. The van der Waals surface area contributed by atoms with Crippen molar-refractivity contribution in [2.45, 2.75) is 56.5 Å². The maximum atomic E-state index is 13.4. The topological polar surface area (TPSA) is 116 Å². The van der Waals surface area contributed by atoms with Gasteiger partial charge in [0.05, 0.1) is 23.8 Å². The molecule has 1 aliphatic rings. The third kappa shape index (κ3) is 4.65. The second kappa shape index (κ2) is 9.27. The number of hydrogen-bond donors (Lipinski definition) is 2. The molecule has 1 aliphatic carbocycles. The van der Waals surface area contributed by atoms with Gasteiger partial charge in [0.1, 0.15) is 4.83 Å². The third-order valence-corrected chi connectivity index (χ3v) is 7.62. The number of methoxy groups -OCH3 is 1. The van der Waals surface area contributed by atoms with E-state index in [2.05, 4.69) is 5.32 Å². The summed E-state index contributed by atoms with van der Waals surface area (Å²) in [6, 6.07) is -0.896. The van der Waals surface area contributed by atoms with Crippen molar-refractivity contribution in [2.24, 2.45) is 11.7 Å². The maximum Gasteiger partial charge on any atom is 0.318 e. The van der Waals surface area contributed by atoms with E-state index < -0.39 is 17.2 Å². The van der Waals surface area contributed by atoms with E-state index in [9.17, 15) is 14.4 Å². The lowest BCUT2D eigenvalue weighted by Crippen LogP contribution is -2.42. The van der Waals surface area contributed by atoms with Crippen LogP contribution in [-0.4, -0.2) is 40.5 Å². The number of fused-ring (bicyclic) bond motifs is 3. The number of primary amides is 1. The molecule has 10 heteroatoms. The number of thioether (sulfide) groups is 1. The number of hydrogen-bond acceptors (Lipinski definition) is 7. The summed E-state index contributed by atoms with van der Waals surface area (Å²) in [5.74, 6) is -0.588. The zero-order chi connectivity index (χ0) is 21.1. The van der Waals surface area contributed by atoms with Crippen LogP contribution in [0.3, 0.4) is 0 Å². The molecule has 2 aromatic rings. The van der Waals surface area contributed by atoms with Crippen molar-refractivity contribution >= 4 is 45.3 Å². The summed E-state index contributed by atoms with van der Waals surface area (Å²) in [6.07, 6.45) is 4.09. The summed E-state index contributed by atoms with van der Waals surface area (Å²) in [4.78, 5) is 43.7. The van der Waals surface area contributed by atoms with Gasteiger partial charge in [0.15, 0.2) is 5.16 Å². The predicted molar refractivity (Wildman–Crippen MR) is 115 cm³/mol. The first-order valence-corrected chi connectivity index (χ1v) is 11.3. The van der Waals surface area contributed by atoms with Crippen molar-refractivity contribution in [3.05, 3.63) is 20.8 Å². The highest BCUT2D eigenvalue weighted by Gasteiger charge is 2.28. The van der Waals surface area contributed by atoms with Gasteiger partial charge >= 0.3 is 6.03 Å². The Balaban J connectivity index is 2.08. The minimum absolute atomic E-state index is 0.0910. The van der Waals surface area contributed by atoms with Crippen molar-refractivity contribution in [3.8, 4) is 0 Å². The summed E-state index contributed by atoms with van der Waals surface area (Å²) < 4.78 is 6.77. The first-order valence-electron chi connectivity index (χ1n) is 9.64. The molecule has 3 N–H and O–H groups in total. The van der Waals surface area contributed by atoms with E-state index in [1.54, 1.807) is 23.0 Å². The van der Waals surface area contributed by atoms with Crippen LogP contribution in [0.2, 0.25) is 0 Å². The summed E-state index contributed by atoms with van der Waals surface area (Å²) in [5.41, 5.74) is 6.15. The van der Waals surface area contributed by atoms with E-state index >= 15 is 0 Å². The molecule has 1 atom stereocenters. The third-order valence-electron chi connectivity index (χ3n) is 4.90. The first kappa shape index (κ1) is 21.8. The maximum absolute atomic E-state index is 13.4. The normalized spacial score (nSPS) is 14.8. The van der Waals surface area contributed by atoms with Crippen LogP contribution in [0, 0.1) is 5.92 Å². The van der Waals surface area contributed by atoms with Crippen LogP contribution >= 0.6 is 23.1 Å². The van der Waals surface area contributed by atoms with Gasteiger partial charge in [-0.3, -0.25) is 19.5 Å². The van der Waals surface area contributed by atoms with Crippen LogP contribution in [0.5, 0.6) is 0 Å². The Labute approximate surface area is 177 Å². The number of nitrogens with one attached hydrogen (secondary N) is 1. The molecule has 0 saturated heterocycles. The highest BCUT2D eigenvalue weighted by atomic mass is 32.2. The number of urea groups is 1. The number of nitrogens with zero attached hydrogens (tertiary/aromatic N) is 2. The van der Waals surface area contributed by atoms with Gasteiger partial charge in [0, 0.05) is 12.0 Å². The van der Waals surface area contributed by atoms with Crippen LogP contribution in [-0.2, 0) is 28.9 Å². The molecular formula is C19H26N4O4S2. The number of aromatic nitrogens is 2. The average molecular weight is 439 g/mol. The molecule has 3 rings (SSSR count). The first-order chi connectivity index (χ1) is 13.8. The van der Waals surface area contributed by atoms with Gasteiger partial charge in [0.2, 0.25) is 5.91 Å². The summed E-state index contributed by atoms with van der Waals surface area (Å²) in [7, 11) is 1.58. The lowest BCUT2D eigenvalue weighted by Gasteiger charge is -2.20. The molecule has 29 heavy (non-hydrogen) atoms. The van der Waals surface area contributed by atoms with Crippen molar-refractivity contribution in [1.29, 1.82) is 0 Å². The van der Waals surface area contributed by atoms with Gasteiger partial charge in [0.25, 0.3) is 5.56 Å². The molecule has 0 bridgehead atoms. The quantitative estimate of drug-likeness (QED) is 0.506. The Bertz CT molecular complexity index is 983.